The molecule has 0 bridgehead atoms. The van der Waals surface area contributed by atoms with Crippen LogP contribution in [0.4, 0.5) is 11.4 Å². The molecule has 0 unspecified atom stereocenters. The highest BCUT2D eigenvalue weighted by molar-refractivity contribution is 6.30. The van der Waals surface area contributed by atoms with Crippen LogP contribution in [0.3, 0.4) is 0 Å². The number of aromatic amines is 1. The standard InChI is InChI=1S/C19H19ClN2O/c1-2-17-14(12-23)4-3-5-18(17)22-16-10-19(21-11-16)13-6-8-15(20)9-7-13/h3-11,21-23H,2,12H2,1H3. The summed E-state index contributed by atoms with van der Waals surface area (Å²) in [4.78, 5) is 3.27. The van der Waals surface area contributed by atoms with Crippen molar-refractivity contribution in [1.82, 2.24) is 4.98 Å². The van der Waals surface area contributed by atoms with Gasteiger partial charge in [-0.25, -0.2) is 0 Å². The Morgan fingerprint density at radius 3 is 2.61 bits per heavy atom. The maximum Gasteiger partial charge on any atom is 0.0685 e. The van der Waals surface area contributed by atoms with E-state index in [4.69, 9.17) is 11.6 Å². The summed E-state index contributed by atoms with van der Waals surface area (Å²) in [5.41, 5.74) is 6.23. The Morgan fingerprint density at radius 1 is 1.13 bits per heavy atom. The molecule has 3 aromatic rings. The predicted octanol–water partition coefficient (Wildman–Crippen LogP) is 5.13. The summed E-state index contributed by atoms with van der Waals surface area (Å²) in [6, 6.07) is 15.8. The molecule has 0 fully saturated rings. The van der Waals surface area contributed by atoms with E-state index in [1.807, 2.05) is 48.7 Å². The molecule has 0 radical (unpaired) electrons. The van der Waals surface area contributed by atoms with E-state index in [1.54, 1.807) is 0 Å². The van der Waals surface area contributed by atoms with E-state index >= 15 is 0 Å². The van der Waals surface area contributed by atoms with Gasteiger partial charge in [0.15, 0.2) is 0 Å². The van der Waals surface area contributed by atoms with Gasteiger partial charge < -0.3 is 15.4 Å². The van der Waals surface area contributed by atoms with Gasteiger partial charge in [-0.15, -0.1) is 0 Å². The number of nitrogens with one attached hydrogen (secondary N) is 2. The van der Waals surface area contributed by atoms with Crippen LogP contribution in [0.5, 0.6) is 0 Å². The van der Waals surface area contributed by atoms with Crippen molar-refractivity contribution in [2.75, 3.05) is 5.32 Å². The molecule has 0 saturated heterocycles. The van der Waals surface area contributed by atoms with Crippen LogP contribution in [-0.4, -0.2) is 10.1 Å². The maximum atomic E-state index is 9.47. The number of halogens is 1. The number of aliphatic hydroxyl groups is 1. The van der Waals surface area contributed by atoms with Crippen molar-refractivity contribution in [3.63, 3.8) is 0 Å². The summed E-state index contributed by atoms with van der Waals surface area (Å²) in [5, 5.41) is 13.6. The zero-order valence-electron chi connectivity index (χ0n) is 12.9. The third-order valence-corrected chi connectivity index (χ3v) is 4.17. The topological polar surface area (TPSA) is 48.0 Å². The van der Waals surface area contributed by atoms with Crippen molar-refractivity contribution < 1.29 is 5.11 Å². The lowest BCUT2D eigenvalue weighted by Crippen LogP contribution is -1.99. The largest absolute Gasteiger partial charge is 0.392 e. The first-order chi connectivity index (χ1) is 11.2. The second kappa shape index (κ2) is 6.90. The van der Waals surface area contributed by atoms with Gasteiger partial charge >= 0.3 is 0 Å². The van der Waals surface area contributed by atoms with Crippen LogP contribution in [0.1, 0.15) is 18.1 Å². The van der Waals surface area contributed by atoms with Gasteiger partial charge in [0.05, 0.1) is 12.3 Å². The van der Waals surface area contributed by atoms with Gasteiger partial charge in [0.1, 0.15) is 0 Å². The molecule has 1 heterocycles. The van der Waals surface area contributed by atoms with Crippen LogP contribution in [0, 0.1) is 0 Å². The molecule has 0 atom stereocenters. The van der Waals surface area contributed by atoms with Crippen LogP contribution < -0.4 is 5.32 Å². The van der Waals surface area contributed by atoms with Gasteiger partial charge in [-0.1, -0.05) is 42.8 Å². The summed E-state index contributed by atoms with van der Waals surface area (Å²) in [7, 11) is 0. The molecule has 23 heavy (non-hydrogen) atoms. The molecule has 0 spiro atoms. The lowest BCUT2D eigenvalue weighted by atomic mass is 10.0. The molecule has 4 heteroatoms. The molecule has 3 rings (SSSR count). The minimum absolute atomic E-state index is 0.0574. The molecule has 2 aromatic carbocycles. The molecular formula is C19H19ClN2O. The minimum atomic E-state index is 0.0574. The predicted molar refractivity (Wildman–Crippen MR) is 96.3 cm³/mol. The van der Waals surface area contributed by atoms with Crippen molar-refractivity contribution in [3.05, 3.63) is 70.9 Å². The van der Waals surface area contributed by atoms with Crippen molar-refractivity contribution >= 4 is 23.0 Å². The Hall–Kier alpha value is -2.23. The Kier molecular flexibility index (Phi) is 4.70. The first-order valence-electron chi connectivity index (χ1n) is 7.64. The third-order valence-electron chi connectivity index (χ3n) is 3.91. The lowest BCUT2D eigenvalue weighted by molar-refractivity contribution is 0.281. The average molecular weight is 327 g/mol. The van der Waals surface area contributed by atoms with E-state index in [0.29, 0.717) is 0 Å². The van der Waals surface area contributed by atoms with E-state index < -0.39 is 0 Å². The Labute approximate surface area is 140 Å². The average Bonchev–Trinajstić information content (AvgIpc) is 3.03. The second-order valence-corrected chi connectivity index (χ2v) is 5.83. The zero-order valence-corrected chi connectivity index (χ0v) is 13.7. The van der Waals surface area contributed by atoms with E-state index in [2.05, 4.69) is 23.3 Å². The fraction of sp³-hybridized carbons (Fsp3) is 0.158. The van der Waals surface area contributed by atoms with Crippen LogP contribution in [0.25, 0.3) is 11.3 Å². The van der Waals surface area contributed by atoms with E-state index in [-0.39, 0.29) is 6.61 Å². The number of hydrogen-bond acceptors (Lipinski definition) is 2. The van der Waals surface area contributed by atoms with Crippen molar-refractivity contribution in [1.29, 1.82) is 0 Å². The normalized spacial score (nSPS) is 10.7. The van der Waals surface area contributed by atoms with Crippen molar-refractivity contribution in [3.8, 4) is 11.3 Å². The van der Waals surface area contributed by atoms with Gasteiger partial charge in [-0.3, -0.25) is 0 Å². The van der Waals surface area contributed by atoms with Gasteiger partial charge in [-0.2, -0.15) is 0 Å². The first-order valence-corrected chi connectivity index (χ1v) is 8.02. The fourth-order valence-electron chi connectivity index (χ4n) is 2.74. The van der Waals surface area contributed by atoms with Crippen molar-refractivity contribution in [2.45, 2.75) is 20.0 Å². The highest BCUT2D eigenvalue weighted by Gasteiger charge is 2.08. The van der Waals surface area contributed by atoms with Crippen LogP contribution >= 0.6 is 11.6 Å². The molecule has 1 aromatic heterocycles. The molecule has 118 valence electrons. The SMILES string of the molecule is CCc1c(CO)cccc1Nc1c[nH]c(-c2ccc(Cl)cc2)c1. The molecule has 3 nitrogen and oxygen atoms in total. The van der Waals surface area contributed by atoms with Gasteiger partial charge in [-0.05, 0) is 47.4 Å². The van der Waals surface area contributed by atoms with Gasteiger partial charge in [0, 0.05) is 22.6 Å². The number of H-pyrrole nitrogens is 1. The monoisotopic (exact) mass is 326 g/mol. The third kappa shape index (κ3) is 3.41. The van der Waals surface area contributed by atoms with E-state index in [0.717, 1.165) is 45.2 Å². The summed E-state index contributed by atoms with van der Waals surface area (Å²) >= 11 is 5.93. The van der Waals surface area contributed by atoms with Gasteiger partial charge in [0.25, 0.3) is 0 Å². The van der Waals surface area contributed by atoms with Crippen LogP contribution in [0.2, 0.25) is 5.02 Å². The summed E-state index contributed by atoms with van der Waals surface area (Å²) in [6.07, 6.45) is 2.81. The quantitative estimate of drug-likeness (QED) is 0.608. The first kappa shape index (κ1) is 15.7. The smallest absolute Gasteiger partial charge is 0.0685 e. The number of rotatable bonds is 5. The Morgan fingerprint density at radius 2 is 1.91 bits per heavy atom. The Balaban J connectivity index is 1.86. The number of anilines is 2. The zero-order chi connectivity index (χ0) is 16.2. The van der Waals surface area contributed by atoms with E-state index in [1.165, 1.54) is 0 Å². The number of benzene rings is 2. The second-order valence-electron chi connectivity index (χ2n) is 5.39. The highest BCUT2D eigenvalue weighted by atomic mass is 35.5. The fourth-order valence-corrected chi connectivity index (χ4v) is 2.86. The maximum absolute atomic E-state index is 9.47. The summed E-state index contributed by atoms with van der Waals surface area (Å²) in [5.74, 6) is 0. The van der Waals surface area contributed by atoms with Crippen LogP contribution in [0.15, 0.2) is 54.7 Å². The molecule has 0 aliphatic rings. The number of aliphatic hydroxyl groups excluding tert-OH is 1. The number of hydrogen-bond donors (Lipinski definition) is 3. The molecule has 0 saturated carbocycles. The molecule has 0 aliphatic carbocycles. The lowest BCUT2D eigenvalue weighted by Gasteiger charge is -2.13. The molecule has 0 aliphatic heterocycles. The van der Waals surface area contributed by atoms with E-state index in [9.17, 15) is 5.11 Å². The molecule has 0 amide bonds. The van der Waals surface area contributed by atoms with Crippen molar-refractivity contribution in [2.24, 2.45) is 0 Å². The minimum Gasteiger partial charge on any atom is -0.392 e. The Bertz CT molecular complexity index is 793. The molecule has 3 N–H and O–H groups in total. The van der Waals surface area contributed by atoms with Crippen LogP contribution in [-0.2, 0) is 13.0 Å². The summed E-state index contributed by atoms with van der Waals surface area (Å²) < 4.78 is 0. The van der Waals surface area contributed by atoms with Gasteiger partial charge in [0.2, 0.25) is 0 Å². The summed E-state index contributed by atoms with van der Waals surface area (Å²) in [6.45, 7) is 2.15. The molecular weight excluding hydrogens is 308 g/mol. The highest BCUT2D eigenvalue weighted by Crippen LogP contribution is 2.28. The number of aromatic nitrogens is 1.